The first-order chi connectivity index (χ1) is 14.8. The van der Waals surface area contributed by atoms with Gasteiger partial charge >= 0.3 is 0 Å². The molecule has 2 aliphatic heterocycles. The number of nitrogens with one attached hydrogen (secondary N) is 1. The average Bonchev–Trinajstić information content (AvgIpc) is 3.23. The third kappa shape index (κ3) is 3.49. The van der Waals surface area contributed by atoms with Crippen LogP contribution in [0.25, 0.3) is 0 Å². The van der Waals surface area contributed by atoms with Crippen molar-refractivity contribution in [2.45, 2.75) is 52.4 Å². The SMILES string of the molecule is Cc1cc(C23OCC(C(C)C)N2C(=O)c2ccccc23)ccc1OCC(=O)NC(C)C. The lowest BCUT2D eigenvalue weighted by Gasteiger charge is -2.35. The molecule has 0 aliphatic carbocycles. The summed E-state index contributed by atoms with van der Waals surface area (Å²) in [6, 6.07) is 13.5. The zero-order valence-corrected chi connectivity index (χ0v) is 18.8. The number of hydrogen-bond acceptors (Lipinski definition) is 4. The summed E-state index contributed by atoms with van der Waals surface area (Å²) in [5, 5.41) is 2.82. The van der Waals surface area contributed by atoms with Crippen LogP contribution >= 0.6 is 0 Å². The number of carbonyl (C=O) groups is 2. The highest BCUT2D eigenvalue weighted by Gasteiger charge is 2.59. The van der Waals surface area contributed by atoms with Crippen molar-refractivity contribution in [1.29, 1.82) is 0 Å². The molecular weight excluding hydrogens is 392 g/mol. The van der Waals surface area contributed by atoms with Gasteiger partial charge < -0.3 is 14.8 Å². The van der Waals surface area contributed by atoms with E-state index in [1.807, 2.05) is 68.1 Å². The van der Waals surface area contributed by atoms with E-state index in [9.17, 15) is 9.59 Å². The second-order valence-corrected chi connectivity index (χ2v) is 8.98. The molecular formula is C25H30N2O4. The fourth-order valence-electron chi connectivity index (χ4n) is 4.58. The third-order valence-electron chi connectivity index (χ3n) is 6.02. The molecule has 31 heavy (non-hydrogen) atoms. The van der Waals surface area contributed by atoms with Gasteiger partial charge in [-0.2, -0.15) is 0 Å². The van der Waals surface area contributed by atoms with Crippen LogP contribution in [-0.4, -0.2) is 42.0 Å². The smallest absolute Gasteiger partial charge is 0.258 e. The van der Waals surface area contributed by atoms with E-state index in [0.717, 1.165) is 16.7 Å². The Labute approximate surface area is 183 Å². The predicted molar refractivity (Wildman–Crippen MR) is 118 cm³/mol. The lowest BCUT2D eigenvalue weighted by molar-refractivity contribution is -0.123. The van der Waals surface area contributed by atoms with Gasteiger partial charge in [0.2, 0.25) is 0 Å². The molecule has 6 nitrogen and oxygen atoms in total. The second-order valence-electron chi connectivity index (χ2n) is 8.98. The lowest BCUT2D eigenvalue weighted by atomic mass is 9.92. The van der Waals surface area contributed by atoms with Crippen LogP contribution in [0.2, 0.25) is 0 Å². The van der Waals surface area contributed by atoms with Gasteiger partial charge in [0.05, 0.1) is 12.6 Å². The summed E-state index contributed by atoms with van der Waals surface area (Å²) in [5.74, 6) is 0.762. The highest BCUT2D eigenvalue weighted by atomic mass is 16.5. The number of carbonyl (C=O) groups excluding carboxylic acids is 2. The molecule has 0 spiro atoms. The standard InChI is InChI=1S/C25H30N2O4/c1-15(2)21-13-31-25(20-9-7-6-8-19(20)24(29)27(21)25)18-10-11-22(17(5)12-18)30-14-23(28)26-16(3)4/h6-12,15-16,21H,13-14H2,1-5H3,(H,26,28). The topological polar surface area (TPSA) is 67.9 Å². The Morgan fingerprint density at radius 3 is 2.65 bits per heavy atom. The van der Waals surface area contributed by atoms with Crippen molar-refractivity contribution >= 4 is 11.8 Å². The van der Waals surface area contributed by atoms with Crippen LogP contribution in [0.4, 0.5) is 0 Å². The molecule has 6 heteroatoms. The summed E-state index contributed by atoms with van der Waals surface area (Å²) < 4.78 is 12.2. The van der Waals surface area contributed by atoms with E-state index < -0.39 is 5.72 Å². The molecule has 2 unspecified atom stereocenters. The Kier molecular flexibility index (Phi) is 5.52. The number of ether oxygens (including phenoxy) is 2. The van der Waals surface area contributed by atoms with Gasteiger partial charge in [0.15, 0.2) is 12.3 Å². The number of nitrogens with zero attached hydrogens (tertiary/aromatic N) is 1. The minimum Gasteiger partial charge on any atom is -0.484 e. The van der Waals surface area contributed by atoms with Crippen molar-refractivity contribution in [3.63, 3.8) is 0 Å². The largest absolute Gasteiger partial charge is 0.484 e. The predicted octanol–water partition coefficient (Wildman–Crippen LogP) is 3.61. The van der Waals surface area contributed by atoms with Gasteiger partial charge in [0.25, 0.3) is 11.8 Å². The molecule has 164 valence electrons. The van der Waals surface area contributed by atoms with Crippen molar-refractivity contribution in [3.05, 3.63) is 64.7 Å². The Balaban J connectivity index is 1.70. The molecule has 0 aromatic heterocycles. The first-order valence-electron chi connectivity index (χ1n) is 10.9. The summed E-state index contributed by atoms with van der Waals surface area (Å²) in [6.45, 7) is 10.5. The van der Waals surface area contributed by atoms with Crippen LogP contribution in [0.1, 0.15) is 54.7 Å². The normalized spacial score (nSPS) is 22.1. The van der Waals surface area contributed by atoms with E-state index in [1.54, 1.807) is 0 Å². The van der Waals surface area contributed by atoms with Crippen LogP contribution in [0.5, 0.6) is 5.75 Å². The van der Waals surface area contributed by atoms with E-state index in [4.69, 9.17) is 9.47 Å². The number of rotatable bonds is 6. The van der Waals surface area contributed by atoms with Gasteiger partial charge in [-0.25, -0.2) is 0 Å². The zero-order valence-electron chi connectivity index (χ0n) is 18.8. The summed E-state index contributed by atoms with van der Waals surface area (Å²) in [5.41, 5.74) is 2.42. The van der Waals surface area contributed by atoms with Crippen LogP contribution < -0.4 is 10.1 Å². The van der Waals surface area contributed by atoms with E-state index in [1.165, 1.54) is 0 Å². The molecule has 0 bridgehead atoms. The number of benzene rings is 2. The van der Waals surface area contributed by atoms with Crippen molar-refractivity contribution in [1.82, 2.24) is 10.2 Å². The lowest BCUT2D eigenvalue weighted by Crippen LogP contribution is -2.46. The molecule has 1 N–H and O–H groups in total. The summed E-state index contributed by atoms with van der Waals surface area (Å²) in [6.07, 6.45) is 0. The summed E-state index contributed by atoms with van der Waals surface area (Å²) in [7, 11) is 0. The Morgan fingerprint density at radius 1 is 1.23 bits per heavy atom. The highest BCUT2D eigenvalue weighted by Crippen LogP contribution is 2.51. The van der Waals surface area contributed by atoms with Crippen LogP contribution in [0, 0.1) is 12.8 Å². The Bertz CT molecular complexity index is 1020. The van der Waals surface area contributed by atoms with Crippen molar-refractivity contribution in [2.75, 3.05) is 13.2 Å². The fourth-order valence-corrected chi connectivity index (χ4v) is 4.58. The molecule has 1 saturated heterocycles. The fraction of sp³-hybridized carbons (Fsp3) is 0.440. The quantitative estimate of drug-likeness (QED) is 0.772. The second kappa shape index (κ2) is 8.00. The number of hydrogen-bond donors (Lipinski definition) is 1. The maximum absolute atomic E-state index is 13.4. The Morgan fingerprint density at radius 2 is 1.97 bits per heavy atom. The maximum Gasteiger partial charge on any atom is 0.258 e. The Hall–Kier alpha value is -2.86. The molecule has 2 heterocycles. The average molecular weight is 423 g/mol. The molecule has 2 atom stereocenters. The van der Waals surface area contributed by atoms with Crippen molar-refractivity contribution in [2.24, 2.45) is 5.92 Å². The minimum absolute atomic E-state index is 0.00383. The molecule has 2 aromatic rings. The van der Waals surface area contributed by atoms with Gasteiger partial charge in [-0.05, 0) is 50.5 Å². The molecule has 2 aliphatic rings. The van der Waals surface area contributed by atoms with E-state index in [2.05, 4.69) is 19.2 Å². The number of aryl methyl sites for hydroxylation is 1. The first-order valence-corrected chi connectivity index (χ1v) is 10.9. The molecule has 0 radical (unpaired) electrons. The summed E-state index contributed by atoms with van der Waals surface area (Å²) in [4.78, 5) is 27.2. The minimum atomic E-state index is -0.930. The number of fused-ring (bicyclic) bond motifs is 3. The van der Waals surface area contributed by atoms with E-state index >= 15 is 0 Å². The van der Waals surface area contributed by atoms with Crippen LogP contribution in [0.15, 0.2) is 42.5 Å². The highest BCUT2D eigenvalue weighted by molar-refractivity contribution is 6.01. The third-order valence-corrected chi connectivity index (χ3v) is 6.02. The van der Waals surface area contributed by atoms with Gasteiger partial charge in [0.1, 0.15) is 5.75 Å². The van der Waals surface area contributed by atoms with Crippen LogP contribution in [-0.2, 0) is 15.3 Å². The monoisotopic (exact) mass is 422 g/mol. The van der Waals surface area contributed by atoms with Gasteiger partial charge in [0, 0.05) is 22.7 Å². The first kappa shape index (κ1) is 21.4. The van der Waals surface area contributed by atoms with Gasteiger partial charge in [-0.1, -0.05) is 38.1 Å². The molecule has 2 amide bonds. The zero-order chi connectivity index (χ0) is 22.3. The number of amides is 2. The van der Waals surface area contributed by atoms with E-state index in [0.29, 0.717) is 17.9 Å². The van der Waals surface area contributed by atoms with Crippen molar-refractivity contribution < 1.29 is 19.1 Å². The van der Waals surface area contributed by atoms with Gasteiger partial charge in [-0.15, -0.1) is 0 Å². The molecule has 0 saturated carbocycles. The van der Waals surface area contributed by atoms with Gasteiger partial charge in [-0.3, -0.25) is 14.5 Å². The van der Waals surface area contributed by atoms with E-state index in [-0.39, 0.29) is 36.4 Å². The summed E-state index contributed by atoms with van der Waals surface area (Å²) >= 11 is 0. The maximum atomic E-state index is 13.4. The molecule has 2 aromatic carbocycles. The molecule has 1 fully saturated rings. The van der Waals surface area contributed by atoms with Crippen LogP contribution in [0.3, 0.4) is 0 Å². The van der Waals surface area contributed by atoms with Crippen molar-refractivity contribution in [3.8, 4) is 5.75 Å². The molecule has 4 rings (SSSR count).